The van der Waals surface area contributed by atoms with Crippen molar-refractivity contribution < 1.29 is 4.74 Å². The molecule has 0 bridgehead atoms. The van der Waals surface area contributed by atoms with Gasteiger partial charge in [0.15, 0.2) is 5.82 Å². The van der Waals surface area contributed by atoms with Crippen molar-refractivity contribution in [2.45, 2.75) is 0 Å². The highest BCUT2D eigenvalue weighted by molar-refractivity contribution is 7.14. The highest BCUT2D eigenvalue weighted by atomic mass is 35.5. The molecule has 0 saturated carbocycles. The highest BCUT2D eigenvalue weighted by Gasteiger charge is 2.12. The number of fused-ring (bicyclic) bond motifs is 1. The Labute approximate surface area is 123 Å². The number of hydrogen-bond donors (Lipinski definition) is 0. The molecular formula is C13H8Cl2N2OS. The number of ether oxygens (including phenoxy) is 1. The summed E-state index contributed by atoms with van der Waals surface area (Å²) in [6, 6.07) is 7.33. The van der Waals surface area contributed by atoms with E-state index >= 15 is 0 Å². The first-order chi connectivity index (χ1) is 9.19. The average molecular weight is 311 g/mol. The largest absolute Gasteiger partial charge is 0.497 e. The van der Waals surface area contributed by atoms with Gasteiger partial charge in [0.25, 0.3) is 0 Å². The second-order valence-electron chi connectivity index (χ2n) is 3.82. The summed E-state index contributed by atoms with van der Waals surface area (Å²) in [4.78, 5) is 9.62. The van der Waals surface area contributed by atoms with Crippen molar-refractivity contribution in [1.29, 1.82) is 0 Å². The van der Waals surface area contributed by atoms with Crippen LogP contribution in [-0.4, -0.2) is 17.1 Å². The van der Waals surface area contributed by atoms with Crippen LogP contribution >= 0.6 is 34.5 Å². The Bertz CT molecular complexity index is 757. The van der Waals surface area contributed by atoms with Gasteiger partial charge in [-0.3, -0.25) is 0 Å². The van der Waals surface area contributed by atoms with Crippen molar-refractivity contribution in [3.8, 4) is 16.5 Å². The molecule has 3 aromatic rings. The van der Waals surface area contributed by atoms with Gasteiger partial charge in [0.1, 0.15) is 10.9 Å². The van der Waals surface area contributed by atoms with Crippen LogP contribution < -0.4 is 4.74 Å². The van der Waals surface area contributed by atoms with E-state index in [0.29, 0.717) is 16.0 Å². The molecule has 0 aliphatic carbocycles. The van der Waals surface area contributed by atoms with E-state index in [1.54, 1.807) is 7.11 Å². The molecule has 0 radical (unpaired) electrons. The van der Waals surface area contributed by atoms with Gasteiger partial charge in [-0.05, 0) is 29.6 Å². The SMILES string of the molecule is COc1ccc2nc(-c3sccc3Cl)nc(Cl)c2c1. The first-order valence-electron chi connectivity index (χ1n) is 5.43. The average Bonchev–Trinajstić information content (AvgIpc) is 2.84. The maximum Gasteiger partial charge on any atom is 0.173 e. The quantitative estimate of drug-likeness (QED) is 0.645. The maximum absolute atomic E-state index is 6.22. The van der Waals surface area contributed by atoms with Crippen LogP contribution in [0.25, 0.3) is 21.6 Å². The second-order valence-corrected chi connectivity index (χ2v) is 5.50. The van der Waals surface area contributed by atoms with E-state index < -0.39 is 0 Å². The van der Waals surface area contributed by atoms with Gasteiger partial charge in [-0.2, -0.15) is 0 Å². The molecule has 3 rings (SSSR count). The summed E-state index contributed by atoms with van der Waals surface area (Å²) >= 11 is 13.8. The zero-order chi connectivity index (χ0) is 13.4. The second kappa shape index (κ2) is 4.96. The molecule has 1 aromatic carbocycles. The van der Waals surface area contributed by atoms with Gasteiger partial charge in [-0.25, -0.2) is 9.97 Å². The van der Waals surface area contributed by atoms with Crippen molar-refractivity contribution in [2.75, 3.05) is 7.11 Å². The molecule has 6 heteroatoms. The molecule has 0 aliphatic heterocycles. The zero-order valence-electron chi connectivity index (χ0n) is 9.85. The Balaban J connectivity index is 2.23. The number of aromatic nitrogens is 2. The molecule has 0 aliphatic rings. The van der Waals surface area contributed by atoms with Gasteiger partial charge in [-0.15, -0.1) is 11.3 Å². The molecular weight excluding hydrogens is 303 g/mol. The fraction of sp³-hybridized carbons (Fsp3) is 0.0769. The molecule has 0 amide bonds. The fourth-order valence-corrected chi connectivity index (χ4v) is 3.06. The lowest BCUT2D eigenvalue weighted by Crippen LogP contribution is -1.91. The van der Waals surface area contributed by atoms with Crippen molar-refractivity contribution in [3.63, 3.8) is 0 Å². The third kappa shape index (κ3) is 2.27. The Hall–Kier alpha value is -1.36. The van der Waals surface area contributed by atoms with Crippen LogP contribution in [0.2, 0.25) is 10.2 Å². The summed E-state index contributed by atoms with van der Waals surface area (Å²) in [6.07, 6.45) is 0. The standard InChI is InChI=1S/C13H8Cl2N2OS/c1-18-7-2-3-10-8(6-7)12(15)17-13(16-10)11-9(14)4-5-19-11/h2-6H,1H3. The third-order valence-corrected chi connectivity index (χ3v) is 4.30. The van der Waals surface area contributed by atoms with Crippen LogP contribution in [-0.2, 0) is 0 Å². The van der Waals surface area contributed by atoms with Crippen molar-refractivity contribution in [3.05, 3.63) is 39.8 Å². The molecule has 2 heterocycles. The molecule has 0 N–H and O–H groups in total. The number of rotatable bonds is 2. The van der Waals surface area contributed by atoms with E-state index in [1.807, 2.05) is 29.6 Å². The number of thiophene rings is 1. The number of nitrogens with zero attached hydrogens (tertiary/aromatic N) is 2. The van der Waals surface area contributed by atoms with Gasteiger partial charge in [-0.1, -0.05) is 23.2 Å². The van der Waals surface area contributed by atoms with Gasteiger partial charge < -0.3 is 4.74 Å². The van der Waals surface area contributed by atoms with E-state index in [0.717, 1.165) is 21.5 Å². The normalized spacial score (nSPS) is 10.9. The molecule has 0 spiro atoms. The lowest BCUT2D eigenvalue weighted by Gasteiger charge is -2.05. The predicted octanol–water partition coefficient (Wildman–Crippen LogP) is 4.67. The number of hydrogen-bond acceptors (Lipinski definition) is 4. The summed E-state index contributed by atoms with van der Waals surface area (Å²) in [5, 5.41) is 3.68. The highest BCUT2D eigenvalue weighted by Crippen LogP contribution is 2.34. The Morgan fingerprint density at radius 1 is 1.16 bits per heavy atom. The van der Waals surface area contributed by atoms with Crippen LogP contribution in [0.5, 0.6) is 5.75 Å². The molecule has 0 fully saturated rings. The fourth-order valence-electron chi connectivity index (χ4n) is 1.75. The minimum atomic E-state index is 0.392. The molecule has 96 valence electrons. The van der Waals surface area contributed by atoms with Crippen LogP contribution in [0.1, 0.15) is 0 Å². The smallest absolute Gasteiger partial charge is 0.173 e. The van der Waals surface area contributed by atoms with E-state index in [-0.39, 0.29) is 0 Å². The first-order valence-corrected chi connectivity index (χ1v) is 7.07. The van der Waals surface area contributed by atoms with Crippen LogP contribution in [0.15, 0.2) is 29.6 Å². The van der Waals surface area contributed by atoms with E-state index in [9.17, 15) is 0 Å². The summed E-state index contributed by atoms with van der Waals surface area (Å²) in [6.45, 7) is 0. The maximum atomic E-state index is 6.22. The number of methoxy groups -OCH3 is 1. The Kier molecular flexibility index (Phi) is 3.31. The Morgan fingerprint density at radius 3 is 2.68 bits per heavy atom. The first kappa shape index (κ1) is 12.7. The summed E-state index contributed by atoms with van der Waals surface area (Å²) < 4.78 is 5.17. The van der Waals surface area contributed by atoms with Gasteiger partial charge >= 0.3 is 0 Å². The summed E-state index contributed by atoms with van der Waals surface area (Å²) in [5.41, 5.74) is 0.764. The van der Waals surface area contributed by atoms with E-state index in [1.165, 1.54) is 11.3 Å². The van der Waals surface area contributed by atoms with E-state index in [2.05, 4.69) is 9.97 Å². The third-order valence-electron chi connectivity index (χ3n) is 2.68. The van der Waals surface area contributed by atoms with Crippen LogP contribution in [0.4, 0.5) is 0 Å². The Morgan fingerprint density at radius 2 is 2.00 bits per heavy atom. The van der Waals surface area contributed by atoms with Crippen molar-refractivity contribution in [2.24, 2.45) is 0 Å². The van der Waals surface area contributed by atoms with Gasteiger partial charge in [0.2, 0.25) is 0 Å². The number of halogens is 2. The van der Waals surface area contributed by atoms with Gasteiger partial charge in [0, 0.05) is 5.39 Å². The minimum Gasteiger partial charge on any atom is -0.497 e. The minimum absolute atomic E-state index is 0.392. The summed E-state index contributed by atoms with van der Waals surface area (Å²) in [7, 11) is 1.61. The number of benzene rings is 1. The monoisotopic (exact) mass is 310 g/mol. The molecule has 19 heavy (non-hydrogen) atoms. The van der Waals surface area contributed by atoms with Crippen molar-refractivity contribution in [1.82, 2.24) is 9.97 Å². The van der Waals surface area contributed by atoms with Crippen molar-refractivity contribution >= 4 is 45.4 Å². The lowest BCUT2D eigenvalue weighted by atomic mass is 10.2. The summed E-state index contributed by atoms with van der Waals surface area (Å²) in [5.74, 6) is 1.27. The van der Waals surface area contributed by atoms with E-state index in [4.69, 9.17) is 27.9 Å². The van der Waals surface area contributed by atoms with Gasteiger partial charge in [0.05, 0.1) is 22.5 Å². The molecule has 0 saturated heterocycles. The van der Waals surface area contributed by atoms with Crippen LogP contribution in [0, 0.1) is 0 Å². The zero-order valence-corrected chi connectivity index (χ0v) is 12.2. The van der Waals surface area contributed by atoms with Crippen LogP contribution in [0.3, 0.4) is 0 Å². The molecule has 3 nitrogen and oxygen atoms in total. The topological polar surface area (TPSA) is 35.0 Å². The molecule has 0 atom stereocenters. The lowest BCUT2D eigenvalue weighted by molar-refractivity contribution is 0.415. The predicted molar refractivity (Wildman–Crippen MR) is 79.4 cm³/mol. The molecule has 0 unspecified atom stereocenters. The molecule has 2 aromatic heterocycles.